The number of carbonyl (C=O) groups is 6. The molecular formula is C28H33NO8. The Labute approximate surface area is 214 Å². The van der Waals surface area contributed by atoms with E-state index in [4.69, 9.17) is 5.73 Å². The van der Waals surface area contributed by atoms with Crippen LogP contribution in [0, 0.1) is 35.5 Å². The fourth-order valence-electron chi connectivity index (χ4n) is 6.79. The van der Waals surface area contributed by atoms with E-state index in [1.165, 1.54) is 12.1 Å². The Morgan fingerprint density at radius 2 is 1.78 bits per heavy atom. The molecule has 2 fully saturated rings. The van der Waals surface area contributed by atoms with Crippen LogP contribution in [0.15, 0.2) is 12.1 Å². The number of aromatic hydroxyl groups is 1. The molecule has 0 radical (unpaired) electrons. The Bertz CT molecular complexity index is 1220. The van der Waals surface area contributed by atoms with Crippen LogP contribution < -0.4 is 5.73 Å². The number of ketones is 5. The topological polar surface area (TPSA) is 169 Å². The first kappa shape index (κ1) is 26.9. The number of benzene rings is 1. The summed E-state index contributed by atoms with van der Waals surface area (Å²) in [4.78, 5) is 79.0. The van der Waals surface area contributed by atoms with Crippen molar-refractivity contribution in [1.29, 1.82) is 0 Å². The third-order valence-corrected chi connectivity index (χ3v) is 8.50. The van der Waals surface area contributed by atoms with Gasteiger partial charge in [0.15, 0.2) is 40.4 Å². The predicted molar refractivity (Wildman–Crippen MR) is 131 cm³/mol. The normalized spacial score (nSPS) is 31.1. The zero-order valence-electron chi connectivity index (χ0n) is 21.3. The molecule has 3 aliphatic rings. The number of aliphatic hydroxyl groups is 1. The highest BCUT2D eigenvalue weighted by Gasteiger charge is 2.69. The second-order valence-electron chi connectivity index (χ2n) is 11.0. The van der Waals surface area contributed by atoms with Crippen LogP contribution in [0.1, 0.15) is 79.2 Å². The molecule has 0 saturated heterocycles. The number of Topliss-reactive ketones (excluding diaryl/α,β-unsaturated/α-hetero) is 5. The maximum atomic E-state index is 13.8. The molecule has 0 bridgehead atoms. The van der Waals surface area contributed by atoms with Crippen molar-refractivity contribution in [3.8, 4) is 5.75 Å². The number of phenols is 1. The Kier molecular flexibility index (Phi) is 6.96. The molecule has 6 atom stereocenters. The molecule has 1 amide bonds. The molecule has 0 spiro atoms. The van der Waals surface area contributed by atoms with E-state index in [1.807, 2.05) is 6.92 Å². The molecule has 0 aliphatic heterocycles. The predicted octanol–water partition coefficient (Wildman–Crippen LogP) is 1.97. The van der Waals surface area contributed by atoms with Gasteiger partial charge in [-0.15, -0.1) is 0 Å². The number of fused-ring (bicyclic) bond motifs is 3. The van der Waals surface area contributed by atoms with Gasteiger partial charge in [-0.25, -0.2) is 0 Å². The molecule has 0 heterocycles. The van der Waals surface area contributed by atoms with Gasteiger partial charge in [-0.05, 0) is 48.8 Å². The van der Waals surface area contributed by atoms with Crippen molar-refractivity contribution in [3.05, 3.63) is 28.8 Å². The van der Waals surface area contributed by atoms with Gasteiger partial charge in [-0.3, -0.25) is 28.8 Å². The lowest BCUT2D eigenvalue weighted by Gasteiger charge is -2.52. The van der Waals surface area contributed by atoms with Crippen molar-refractivity contribution >= 4 is 34.8 Å². The van der Waals surface area contributed by atoms with Crippen LogP contribution in [0.5, 0.6) is 5.75 Å². The van der Waals surface area contributed by atoms with Crippen LogP contribution in [-0.4, -0.2) is 50.6 Å². The van der Waals surface area contributed by atoms with Crippen molar-refractivity contribution in [2.45, 2.75) is 64.9 Å². The first-order valence-corrected chi connectivity index (χ1v) is 12.9. The monoisotopic (exact) mass is 511 g/mol. The van der Waals surface area contributed by atoms with Gasteiger partial charge in [0.05, 0.1) is 11.5 Å². The Morgan fingerprint density at radius 3 is 2.38 bits per heavy atom. The molecule has 1 aromatic carbocycles. The van der Waals surface area contributed by atoms with Gasteiger partial charge < -0.3 is 15.9 Å². The summed E-state index contributed by atoms with van der Waals surface area (Å²) in [5, 5.41) is 22.2. The van der Waals surface area contributed by atoms with Crippen LogP contribution in [0.25, 0.3) is 0 Å². The maximum absolute atomic E-state index is 13.8. The van der Waals surface area contributed by atoms with Crippen LogP contribution in [-0.2, 0) is 25.6 Å². The molecule has 4 N–H and O–H groups in total. The van der Waals surface area contributed by atoms with Gasteiger partial charge in [0, 0.05) is 23.8 Å². The van der Waals surface area contributed by atoms with Crippen LogP contribution in [0.2, 0.25) is 0 Å². The molecule has 9 nitrogen and oxygen atoms in total. The van der Waals surface area contributed by atoms with Crippen LogP contribution in [0.3, 0.4) is 0 Å². The second-order valence-corrected chi connectivity index (χ2v) is 11.0. The highest BCUT2D eigenvalue weighted by molar-refractivity contribution is 6.32. The number of amides is 1. The standard InChI is InChI=1S/C28H33NO8/c1-4-5-6-7-17(30)14-8-9-18(31)21-15(14)10-13-11-16-19(12(2)3)23(32)22(27(29)36)26(35)28(16,37)25(34)20(13)24(21)33/h8-9,12-13,16,19-20,22,31,37H,4-7,10-11H2,1-3H3,(H2,29,36)/t13-,16-,19-,20?,22?,28-/m0/s1. The third kappa shape index (κ3) is 3.95. The number of hydrogen-bond acceptors (Lipinski definition) is 8. The maximum Gasteiger partial charge on any atom is 0.235 e. The fourth-order valence-corrected chi connectivity index (χ4v) is 6.79. The number of nitrogens with two attached hydrogens (primary N) is 1. The SMILES string of the molecule is CCCCCC(=O)c1ccc(O)c2c1C[C@H]1C[C@H]3[C@H](C(C)C)C(=O)C(C(N)=O)C(=O)[C@@]3(O)C(=O)C1C2=O. The van der Waals surface area contributed by atoms with Gasteiger partial charge >= 0.3 is 0 Å². The minimum absolute atomic E-state index is 0.0109. The quantitative estimate of drug-likeness (QED) is 0.283. The lowest BCUT2D eigenvalue weighted by molar-refractivity contribution is -0.182. The van der Waals surface area contributed by atoms with Crippen molar-refractivity contribution in [2.24, 2.45) is 41.2 Å². The zero-order chi connectivity index (χ0) is 27.4. The molecule has 9 heteroatoms. The van der Waals surface area contributed by atoms with E-state index in [-0.39, 0.29) is 36.4 Å². The summed E-state index contributed by atoms with van der Waals surface area (Å²) in [6.07, 6.45) is 2.85. The Hall–Kier alpha value is -3.20. The average molecular weight is 512 g/mol. The first-order valence-electron chi connectivity index (χ1n) is 12.9. The van der Waals surface area contributed by atoms with Gasteiger partial charge in [-0.2, -0.15) is 0 Å². The van der Waals surface area contributed by atoms with E-state index in [9.17, 15) is 39.0 Å². The molecule has 198 valence electrons. The molecule has 1 aromatic rings. The van der Waals surface area contributed by atoms with E-state index < -0.39 is 70.1 Å². The second kappa shape index (κ2) is 9.59. The fraction of sp³-hybridized carbons (Fsp3) is 0.571. The average Bonchev–Trinajstić information content (AvgIpc) is 2.81. The van der Waals surface area contributed by atoms with E-state index in [0.717, 1.165) is 12.8 Å². The molecule has 2 saturated carbocycles. The molecule has 2 unspecified atom stereocenters. The molecular weight excluding hydrogens is 478 g/mol. The van der Waals surface area contributed by atoms with E-state index in [1.54, 1.807) is 13.8 Å². The van der Waals surface area contributed by atoms with Gasteiger partial charge in [0.2, 0.25) is 5.91 Å². The first-order chi connectivity index (χ1) is 17.4. The smallest absolute Gasteiger partial charge is 0.235 e. The number of hydrogen-bond donors (Lipinski definition) is 3. The highest BCUT2D eigenvalue weighted by Crippen LogP contribution is 2.53. The van der Waals surface area contributed by atoms with Crippen molar-refractivity contribution in [3.63, 3.8) is 0 Å². The van der Waals surface area contributed by atoms with Gasteiger partial charge in [-0.1, -0.05) is 33.6 Å². The lowest BCUT2D eigenvalue weighted by Crippen LogP contribution is -2.71. The summed E-state index contributed by atoms with van der Waals surface area (Å²) >= 11 is 0. The third-order valence-electron chi connectivity index (χ3n) is 8.50. The highest BCUT2D eigenvalue weighted by atomic mass is 16.3. The zero-order valence-corrected chi connectivity index (χ0v) is 21.3. The van der Waals surface area contributed by atoms with Crippen molar-refractivity contribution in [2.75, 3.05) is 0 Å². The Balaban J connectivity index is 1.81. The van der Waals surface area contributed by atoms with E-state index in [2.05, 4.69) is 0 Å². The minimum atomic E-state index is -2.72. The van der Waals surface area contributed by atoms with Crippen LogP contribution in [0.4, 0.5) is 0 Å². The Morgan fingerprint density at radius 1 is 1.11 bits per heavy atom. The van der Waals surface area contributed by atoms with E-state index >= 15 is 0 Å². The van der Waals surface area contributed by atoms with Gasteiger partial charge in [0.25, 0.3) is 0 Å². The number of rotatable bonds is 7. The molecule has 0 aromatic heterocycles. The van der Waals surface area contributed by atoms with Gasteiger partial charge in [0.1, 0.15) is 5.75 Å². The number of carbonyl (C=O) groups excluding carboxylic acids is 6. The summed E-state index contributed by atoms with van der Waals surface area (Å²) in [5.41, 5.74) is 3.13. The van der Waals surface area contributed by atoms with Crippen molar-refractivity contribution in [1.82, 2.24) is 0 Å². The number of phenolic OH excluding ortho intramolecular Hbond substituents is 1. The lowest BCUT2D eigenvalue weighted by atomic mass is 9.49. The summed E-state index contributed by atoms with van der Waals surface area (Å²) in [5.74, 6) is -12.3. The number of primary amides is 1. The van der Waals surface area contributed by atoms with E-state index in [0.29, 0.717) is 17.5 Å². The minimum Gasteiger partial charge on any atom is -0.507 e. The largest absolute Gasteiger partial charge is 0.507 e. The summed E-state index contributed by atoms with van der Waals surface area (Å²) < 4.78 is 0. The number of unbranched alkanes of at least 4 members (excludes halogenated alkanes) is 2. The summed E-state index contributed by atoms with van der Waals surface area (Å²) in [6, 6.07) is 2.73. The summed E-state index contributed by atoms with van der Waals surface area (Å²) in [7, 11) is 0. The van der Waals surface area contributed by atoms with Crippen LogP contribution >= 0.6 is 0 Å². The molecule has 3 aliphatic carbocycles. The molecule has 37 heavy (non-hydrogen) atoms. The van der Waals surface area contributed by atoms with Crippen molar-refractivity contribution < 1.29 is 39.0 Å². The summed E-state index contributed by atoms with van der Waals surface area (Å²) in [6.45, 7) is 5.41. The molecule has 4 rings (SSSR count).